The summed E-state index contributed by atoms with van der Waals surface area (Å²) in [6.07, 6.45) is 6.56. The molecule has 0 atom stereocenters. The Kier molecular flexibility index (Phi) is 5.20. The lowest BCUT2D eigenvalue weighted by Gasteiger charge is -2.31. The van der Waals surface area contributed by atoms with Crippen molar-refractivity contribution >= 4 is 17.8 Å². The van der Waals surface area contributed by atoms with Gasteiger partial charge in [-0.2, -0.15) is 5.10 Å². The highest BCUT2D eigenvalue weighted by atomic mass is 16.2. The number of hydrogen-bond donors (Lipinski definition) is 1. The second-order valence-corrected chi connectivity index (χ2v) is 5.63. The molecule has 136 valence electrons. The number of carbonyl (C=O) groups excluding carboxylic acids is 3. The molecule has 2 aromatic rings. The number of piperazine rings is 1. The summed E-state index contributed by atoms with van der Waals surface area (Å²) in [5, 5.41) is 7.00. The zero-order chi connectivity index (χ0) is 18.5. The van der Waals surface area contributed by atoms with Crippen LogP contribution in [0.15, 0.2) is 30.9 Å². The molecule has 3 heterocycles. The SMILES string of the molecule is CCN1CCN(C(=O)NCCn2ccc(-c3cnccn3)n2)C(=O)C1=O. The van der Waals surface area contributed by atoms with E-state index in [1.807, 2.05) is 0 Å². The van der Waals surface area contributed by atoms with E-state index in [0.717, 1.165) is 4.90 Å². The van der Waals surface area contributed by atoms with Gasteiger partial charge in [0, 0.05) is 44.8 Å². The van der Waals surface area contributed by atoms with Gasteiger partial charge in [0.15, 0.2) is 0 Å². The second kappa shape index (κ2) is 7.72. The first kappa shape index (κ1) is 17.5. The third-order valence-corrected chi connectivity index (χ3v) is 4.02. The first-order chi connectivity index (χ1) is 12.6. The lowest BCUT2D eigenvalue weighted by molar-refractivity contribution is -0.153. The first-order valence-electron chi connectivity index (χ1n) is 8.28. The summed E-state index contributed by atoms with van der Waals surface area (Å²) in [5.41, 5.74) is 1.34. The van der Waals surface area contributed by atoms with Crippen molar-refractivity contribution in [1.29, 1.82) is 0 Å². The van der Waals surface area contributed by atoms with Gasteiger partial charge in [-0.15, -0.1) is 0 Å². The van der Waals surface area contributed by atoms with Crippen LogP contribution >= 0.6 is 0 Å². The van der Waals surface area contributed by atoms with E-state index in [1.165, 1.54) is 4.90 Å². The summed E-state index contributed by atoms with van der Waals surface area (Å²) >= 11 is 0. The molecule has 1 aliphatic heterocycles. The quantitative estimate of drug-likeness (QED) is 0.738. The Morgan fingerprint density at radius 3 is 2.77 bits per heavy atom. The fraction of sp³-hybridized carbons (Fsp3) is 0.375. The highest BCUT2D eigenvalue weighted by molar-refractivity contribution is 6.38. The molecule has 4 amide bonds. The second-order valence-electron chi connectivity index (χ2n) is 5.63. The maximum absolute atomic E-state index is 12.1. The molecule has 0 bridgehead atoms. The lowest BCUT2D eigenvalue weighted by atomic mass is 10.3. The average molecular weight is 357 g/mol. The van der Waals surface area contributed by atoms with Crippen LogP contribution in [0.3, 0.4) is 0 Å². The highest BCUT2D eigenvalue weighted by Crippen LogP contribution is 2.11. The Morgan fingerprint density at radius 2 is 2.04 bits per heavy atom. The molecule has 10 nitrogen and oxygen atoms in total. The van der Waals surface area contributed by atoms with Gasteiger partial charge in [-0.05, 0) is 13.0 Å². The monoisotopic (exact) mass is 357 g/mol. The van der Waals surface area contributed by atoms with E-state index in [1.54, 1.807) is 42.5 Å². The average Bonchev–Trinajstić information content (AvgIpc) is 3.13. The number of nitrogens with one attached hydrogen (secondary N) is 1. The van der Waals surface area contributed by atoms with E-state index in [4.69, 9.17) is 0 Å². The molecule has 2 aromatic heterocycles. The molecule has 26 heavy (non-hydrogen) atoms. The van der Waals surface area contributed by atoms with Gasteiger partial charge < -0.3 is 10.2 Å². The number of urea groups is 1. The molecule has 0 aliphatic carbocycles. The predicted octanol–water partition coefficient (Wildman–Crippen LogP) is -0.260. The minimum absolute atomic E-state index is 0.197. The smallest absolute Gasteiger partial charge is 0.324 e. The number of likely N-dealkylation sites (N-methyl/N-ethyl adjacent to an activating group) is 1. The first-order valence-corrected chi connectivity index (χ1v) is 8.28. The largest absolute Gasteiger partial charge is 0.336 e. The standard InChI is InChI=1S/C16H19N7O3/c1-2-21-9-10-23(15(25)14(21)24)16(26)19-6-8-22-7-3-12(20-22)13-11-17-4-5-18-13/h3-5,7,11H,2,6,8-10H2,1H3,(H,19,26). The van der Waals surface area contributed by atoms with E-state index in [2.05, 4.69) is 20.4 Å². The third-order valence-electron chi connectivity index (χ3n) is 4.02. The Bertz CT molecular complexity index is 805. The summed E-state index contributed by atoms with van der Waals surface area (Å²) in [6, 6.07) is 1.23. The fourth-order valence-corrected chi connectivity index (χ4v) is 2.60. The van der Waals surface area contributed by atoms with Gasteiger partial charge >= 0.3 is 17.8 Å². The van der Waals surface area contributed by atoms with Crippen LogP contribution in [0.5, 0.6) is 0 Å². The lowest BCUT2D eigenvalue weighted by Crippen LogP contribution is -2.58. The molecule has 0 radical (unpaired) electrons. The zero-order valence-electron chi connectivity index (χ0n) is 14.3. The Balaban J connectivity index is 1.51. The van der Waals surface area contributed by atoms with Gasteiger partial charge in [-0.1, -0.05) is 0 Å². The molecule has 0 aromatic carbocycles. The summed E-state index contributed by atoms with van der Waals surface area (Å²) < 4.78 is 1.66. The van der Waals surface area contributed by atoms with E-state index in [9.17, 15) is 14.4 Å². The topological polar surface area (TPSA) is 113 Å². The minimum Gasteiger partial charge on any atom is -0.336 e. The van der Waals surface area contributed by atoms with Crippen molar-refractivity contribution in [3.05, 3.63) is 30.9 Å². The van der Waals surface area contributed by atoms with Crippen molar-refractivity contribution in [3.8, 4) is 11.4 Å². The molecular weight excluding hydrogens is 338 g/mol. The van der Waals surface area contributed by atoms with Crippen LogP contribution in [0.1, 0.15) is 6.92 Å². The Hall–Kier alpha value is -3.30. The van der Waals surface area contributed by atoms with Crippen LogP contribution < -0.4 is 5.32 Å². The number of rotatable bonds is 5. The number of nitrogens with zero attached hydrogens (tertiary/aromatic N) is 6. The van der Waals surface area contributed by atoms with Gasteiger partial charge in [-0.25, -0.2) is 4.79 Å². The van der Waals surface area contributed by atoms with Gasteiger partial charge in [0.1, 0.15) is 11.4 Å². The van der Waals surface area contributed by atoms with Gasteiger partial charge in [-0.3, -0.25) is 29.1 Å². The van der Waals surface area contributed by atoms with Crippen LogP contribution in [-0.2, 0) is 16.1 Å². The summed E-state index contributed by atoms with van der Waals surface area (Å²) in [5.74, 6) is -1.44. The normalized spacial score (nSPS) is 14.7. The summed E-state index contributed by atoms with van der Waals surface area (Å²) in [6.45, 7) is 3.49. The molecule has 3 rings (SSSR count). The van der Waals surface area contributed by atoms with Crippen molar-refractivity contribution in [2.75, 3.05) is 26.2 Å². The van der Waals surface area contributed by atoms with Crippen molar-refractivity contribution in [2.45, 2.75) is 13.5 Å². The van der Waals surface area contributed by atoms with Crippen molar-refractivity contribution in [3.63, 3.8) is 0 Å². The summed E-state index contributed by atoms with van der Waals surface area (Å²) in [4.78, 5) is 46.5. The molecular formula is C16H19N7O3. The molecule has 1 aliphatic rings. The van der Waals surface area contributed by atoms with E-state index >= 15 is 0 Å². The number of carbonyl (C=O) groups is 3. The van der Waals surface area contributed by atoms with Gasteiger partial charge in [0.2, 0.25) is 0 Å². The highest BCUT2D eigenvalue weighted by Gasteiger charge is 2.35. The molecule has 1 fully saturated rings. The van der Waals surface area contributed by atoms with E-state index in [0.29, 0.717) is 31.0 Å². The Labute approximate surface area is 149 Å². The number of aromatic nitrogens is 4. The third kappa shape index (κ3) is 3.68. The Morgan fingerprint density at radius 1 is 1.19 bits per heavy atom. The molecule has 0 saturated carbocycles. The van der Waals surface area contributed by atoms with Crippen LogP contribution in [0.2, 0.25) is 0 Å². The minimum atomic E-state index is -0.792. The maximum atomic E-state index is 12.1. The van der Waals surface area contributed by atoms with Crippen molar-refractivity contribution < 1.29 is 14.4 Å². The molecule has 1 saturated heterocycles. The predicted molar refractivity (Wildman–Crippen MR) is 90.6 cm³/mol. The van der Waals surface area contributed by atoms with Gasteiger partial charge in [0.05, 0.1) is 12.7 Å². The van der Waals surface area contributed by atoms with Crippen LogP contribution in [0.25, 0.3) is 11.4 Å². The number of imide groups is 1. The van der Waals surface area contributed by atoms with Crippen LogP contribution in [-0.4, -0.2) is 73.6 Å². The van der Waals surface area contributed by atoms with E-state index in [-0.39, 0.29) is 13.1 Å². The van der Waals surface area contributed by atoms with Crippen molar-refractivity contribution in [1.82, 2.24) is 34.9 Å². The van der Waals surface area contributed by atoms with Gasteiger partial charge in [0.25, 0.3) is 0 Å². The fourth-order valence-electron chi connectivity index (χ4n) is 2.60. The maximum Gasteiger partial charge on any atom is 0.324 e. The van der Waals surface area contributed by atoms with Crippen LogP contribution in [0.4, 0.5) is 4.79 Å². The van der Waals surface area contributed by atoms with Crippen molar-refractivity contribution in [2.24, 2.45) is 0 Å². The molecule has 0 spiro atoms. The number of amides is 4. The molecule has 1 N–H and O–H groups in total. The number of hydrogen-bond acceptors (Lipinski definition) is 6. The molecule has 10 heteroatoms. The van der Waals surface area contributed by atoms with E-state index < -0.39 is 17.8 Å². The summed E-state index contributed by atoms with van der Waals surface area (Å²) in [7, 11) is 0. The van der Waals surface area contributed by atoms with Crippen LogP contribution in [0, 0.1) is 0 Å². The zero-order valence-corrected chi connectivity index (χ0v) is 14.3. The molecule has 0 unspecified atom stereocenters.